The second-order valence-electron chi connectivity index (χ2n) is 6.94. The van der Waals surface area contributed by atoms with Crippen molar-refractivity contribution in [1.82, 2.24) is 9.55 Å². The van der Waals surface area contributed by atoms with Gasteiger partial charge < -0.3 is 14.4 Å². The zero-order valence-corrected chi connectivity index (χ0v) is 14.2. The van der Waals surface area contributed by atoms with E-state index in [4.69, 9.17) is 10.00 Å². The molecule has 2 aliphatic heterocycles. The number of rotatable bonds is 5. The second kappa shape index (κ2) is 6.39. The first-order valence-electron chi connectivity index (χ1n) is 8.54. The molecule has 3 heterocycles. The lowest BCUT2D eigenvalue weighted by atomic mass is 9.78. The van der Waals surface area contributed by atoms with Crippen LogP contribution in [0.15, 0.2) is 35.3 Å². The number of aryl methyl sites for hydroxylation is 1. The quantitative estimate of drug-likeness (QED) is 0.750. The van der Waals surface area contributed by atoms with Crippen LogP contribution in [0, 0.1) is 16.7 Å². The zero-order chi connectivity index (χ0) is 18.1. The lowest BCUT2D eigenvalue weighted by molar-refractivity contribution is -0.127. The Kier molecular flexibility index (Phi) is 4.05. The number of carbonyl (C=O) groups is 1. The molecule has 2 aromatic rings. The molecule has 132 valence electrons. The molecule has 1 aromatic heterocycles. The average molecular weight is 350 g/mol. The molecule has 2 saturated heterocycles. The maximum absolute atomic E-state index is 13.0. The lowest BCUT2D eigenvalue weighted by Gasteiger charge is -2.55. The molecule has 0 saturated carbocycles. The van der Waals surface area contributed by atoms with Crippen molar-refractivity contribution in [2.75, 3.05) is 31.2 Å². The molecule has 0 bridgehead atoms. The molecule has 2 fully saturated rings. The number of anilines is 1. The van der Waals surface area contributed by atoms with Gasteiger partial charge >= 0.3 is 0 Å². The maximum Gasteiger partial charge on any atom is 0.298 e. The molecule has 0 N–H and O–H groups in total. The highest BCUT2D eigenvalue weighted by molar-refractivity contribution is 5.51. The van der Waals surface area contributed by atoms with Crippen molar-refractivity contribution in [1.29, 1.82) is 5.26 Å². The van der Waals surface area contributed by atoms with Crippen LogP contribution in [-0.2, 0) is 16.0 Å². The Labute approximate surface area is 150 Å². The number of nitriles is 1. The highest BCUT2D eigenvalue weighted by atomic mass is 16.5. The zero-order valence-electron chi connectivity index (χ0n) is 14.2. The van der Waals surface area contributed by atoms with Gasteiger partial charge in [-0.3, -0.25) is 9.36 Å². The molecular weight excluding hydrogens is 332 g/mol. The molecule has 0 radical (unpaired) electrons. The van der Waals surface area contributed by atoms with Crippen molar-refractivity contribution in [3.05, 3.63) is 52.1 Å². The number of aromatic nitrogens is 2. The van der Waals surface area contributed by atoms with Gasteiger partial charge in [0.05, 0.1) is 36.0 Å². The summed E-state index contributed by atoms with van der Waals surface area (Å²) in [6.45, 7) is 3.00. The van der Waals surface area contributed by atoms with Crippen molar-refractivity contribution in [3.8, 4) is 11.8 Å². The number of hydrogen-bond acceptors (Lipinski definition) is 6. The van der Waals surface area contributed by atoms with Crippen LogP contribution in [0.4, 0.5) is 5.82 Å². The number of hydrogen-bond donors (Lipinski definition) is 0. The monoisotopic (exact) mass is 350 g/mol. The van der Waals surface area contributed by atoms with Crippen LogP contribution in [0.1, 0.15) is 17.7 Å². The van der Waals surface area contributed by atoms with Gasteiger partial charge in [0.25, 0.3) is 5.56 Å². The highest BCUT2D eigenvalue weighted by Crippen LogP contribution is 2.38. The first-order valence-corrected chi connectivity index (χ1v) is 8.54. The van der Waals surface area contributed by atoms with Crippen molar-refractivity contribution in [2.45, 2.75) is 12.8 Å². The van der Waals surface area contributed by atoms with Gasteiger partial charge in [0.2, 0.25) is 0 Å². The number of aldehydes is 1. The van der Waals surface area contributed by atoms with E-state index in [-0.39, 0.29) is 11.0 Å². The number of carbonyl (C=O) groups excluding carboxylic acids is 1. The van der Waals surface area contributed by atoms with Gasteiger partial charge in [0, 0.05) is 31.4 Å². The first kappa shape index (κ1) is 16.5. The third-order valence-electron chi connectivity index (χ3n) is 4.90. The Morgan fingerprint density at radius 3 is 2.58 bits per heavy atom. The number of nitrogens with zero attached hydrogens (tertiary/aromatic N) is 4. The largest absolute Gasteiger partial charge is 0.380 e. The minimum Gasteiger partial charge on any atom is -0.380 e. The van der Waals surface area contributed by atoms with E-state index in [0.29, 0.717) is 35.6 Å². The van der Waals surface area contributed by atoms with Gasteiger partial charge in [-0.25, -0.2) is 4.98 Å². The van der Waals surface area contributed by atoms with Crippen molar-refractivity contribution in [3.63, 3.8) is 0 Å². The normalized spacial score (nSPS) is 17.3. The average Bonchev–Trinajstić information content (AvgIpc) is 2.59. The molecule has 0 atom stereocenters. The van der Waals surface area contributed by atoms with E-state index in [1.165, 1.54) is 0 Å². The van der Waals surface area contributed by atoms with E-state index in [1.54, 1.807) is 35.0 Å². The Balaban J connectivity index is 1.72. The molecule has 0 unspecified atom stereocenters. The van der Waals surface area contributed by atoms with Crippen LogP contribution in [0.3, 0.4) is 0 Å². The standard InChI is InChI=1S/C19H18N4O3/c20-8-14-3-5-16(6-4-14)23-9-15(2-1-7-24)21-17(18(23)25)22-10-19(11-22)12-26-13-19/h3-7,9H,1-2,10-13H2. The molecular formula is C19H18N4O3. The second-order valence-corrected chi connectivity index (χ2v) is 6.94. The van der Waals surface area contributed by atoms with Crippen LogP contribution in [0.5, 0.6) is 0 Å². The molecule has 1 spiro atoms. The van der Waals surface area contributed by atoms with Gasteiger partial charge in [-0.15, -0.1) is 0 Å². The Hall–Kier alpha value is -2.98. The summed E-state index contributed by atoms with van der Waals surface area (Å²) in [5.74, 6) is 0.412. The molecule has 0 amide bonds. The van der Waals surface area contributed by atoms with E-state index >= 15 is 0 Å². The topological polar surface area (TPSA) is 88.2 Å². The van der Waals surface area contributed by atoms with Gasteiger partial charge in [0.15, 0.2) is 5.82 Å². The summed E-state index contributed by atoms with van der Waals surface area (Å²) in [5, 5.41) is 8.95. The molecule has 7 heteroatoms. The summed E-state index contributed by atoms with van der Waals surface area (Å²) in [5.41, 5.74) is 1.88. The van der Waals surface area contributed by atoms with E-state index in [9.17, 15) is 9.59 Å². The summed E-state index contributed by atoms with van der Waals surface area (Å²) >= 11 is 0. The Morgan fingerprint density at radius 2 is 2.00 bits per heavy atom. The first-order chi connectivity index (χ1) is 12.6. The van der Waals surface area contributed by atoms with Crippen LogP contribution < -0.4 is 10.5 Å². The highest BCUT2D eigenvalue weighted by Gasteiger charge is 2.50. The fraction of sp³-hybridized carbons (Fsp3) is 0.368. The van der Waals surface area contributed by atoms with Gasteiger partial charge in [-0.1, -0.05) is 0 Å². The van der Waals surface area contributed by atoms with E-state index in [0.717, 1.165) is 32.6 Å². The van der Waals surface area contributed by atoms with Crippen LogP contribution in [-0.4, -0.2) is 42.1 Å². The molecule has 1 aromatic carbocycles. The maximum atomic E-state index is 13.0. The summed E-state index contributed by atoms with van der Waals surface area (Å²) < 4.78 is 6.84. The minimum atomic E-state index is -0.195. The lowest BCUT2D eigenvalue weighted by Crippen LogP contribution is -2.67. The van der Waals surface area contributed by atoms with Crippen molar-refractivity contribution < 1.29 is 9.53 Å². The summed E-state index contributed by atoms with van der Waals surface area (Å²) in [7, 11) is 0. The third kappa shape index (κ3) is 2.78. The van der Waals surface area contributed by atoms with Crippen molar-refractivity contribution in [2.24, 2.45) is 5.41 Å². The summed E-state index contributed by atoms with van der Waals surface area (Å²) in [4.78, 5) is 30.2. The summed E-state index contributed by atoms with van der Waals surface area (Å²) in [6, 6.07) is 8.91. The predicted molar refractivity (Wildman–Crippen MR) is 94.4 cm³/mol. The van der Waals surface area contributed by atoms with Crippen LogP contribution >= 0.6 is 0 Å². The number of benzene rings is 1. The van der Waals surface area contributed by atoms with E-state index < -0.39 is 0 Å². The van der Waals surface area contributed by atoms with Crippen LogP contribution in [0.25, 0.3) is 5.69 Å². The summed E-state index contributed by atoms with van der Waals surface area (Å²) in [6.07, 6.45) is 3.37. The van der Waals surface area contributed by atoms with Crippen LogP contribution in [0.2, 0.25) is 0 Å². The minimum absolute atomic E-state index is 0.173. The predicted octanol–water partition coefficient (Wildman–Crippen LogP) is 1.07. The Morgan fingerprint density at radius 1 is 1.27 bits per heavy atom. The SMILES string of the molecule is N#Cc1ccc(-n2cc(CCC=O)nc(N3CC4(COC4)C3)c2=O)cc1. The molecule has 4 rings (SSSR count). The molecule has 0 aliphatic carbocycles. The fourth-order valence-corrected chi connectivity index (χ4v) is 3.44. The fourth-order valence-electron chi connectivity index (χ4n) is 3.44. The molecule has 26 heavy (non-hydrogen) atoms. The van der Waals surface area contributed by atoms with E-state index in [1.807, 2.05) is 4.90 Å². The molecule has 7 nitrogen and oxygen atoms in total. The molecule has 2 aliphatic rings. The third-order valence-corrected chi connectivity index (χ3v) is 4.90. The van der Waals surface area contributed by atoms with Gasteiger partial charge in [-0.05, 0) is 30.7 Å². The van der Waals surface area contributed by atoms with Crippen molar-refractivity contribution >= 4 is 12.1 Å². The number of ether oxygens (including phenoxy) is 1. The van der Waals surface area contributed by atoms with E-state index in [2.05, 4.69) is 11.1 Å². The van der Waals surface area contributed by atoms with Gasteiger partial charge in [0.1, 0.15) is 6.29 Å². The smallest absolute Gasteiger partial charge is 0.298 e. The van der Waals surface area contributed by atoms with Gasteiger partial charge in [-0.2, -0.15) is 5.26 Å². The Bertz CT molecular complexity index is 931.